The lowest BCUT2D eigenvalue weighted by molar-refractivity contribution is 0.415. The zero-order valence-electron chi connectivity index (χ0n) is 11.5. The lowest BCUT2D eigenvalue weighted by atomic mass is 10.1. The van der Waals surface area contributed by atoms with Crippen LogP contribution < -0.4 is 10.5 Å². The molecule has 3 rings (SSSR count). The molecular weight excluding hydrogens is 354 g/mol. The first-order valence-electron chi connectivity index (χ1n) is 6.30. The van der Waals surface area contributed by atoms with Crippen LogP contribution in [-0.2, 0) is 0 Å². The van der Waals surface area contributed by atoms with Crippen molar-refractivity contribution in [2.24, 2.45) is 0 Å². The van der Waals surface area contributed by atoms with Crippen molar-refractivity contribution in [2.45, 2.75) is 6.92 Å². The van der Waals surface area contributed by atoms with Crippen molar-refractivity contribution in [1.82, 2.24) is 9.38 Å². The summed E-state index contributed by atoms with van der Waals surface area (Å²) in [6.45, 7) is 1.99. The van der Waals surface area contributed by atoms with Crippen molar-refractivity contribution < 1.29 is 4.74 Å². The van der Waals surface area contributed by atoms with Gasteiger partial charge in [-0.25, -0.2) is 4.98 Å². The topological polar surface area (TPSA) is 52.5 Å². The SMILES string of the molecule is COc1ccc(-c2nc3ccc(Br)c(C)n3c2N)cc1Cl. The summed E-state index contributed by atoms with van der Waals surface area (Å²) in [6.07, 6.45) is 0. The summed E-state index contributed by atoms with van der Waals surface area (Å²) in [5, 5.41) is 0.532. The third-order valence-electron chi connectivity index (χ3n) is 3.42. The Kier molecular flexibility index (Phi) is 3.55. The van der Waals surface area contributed by atoms with E-state index in [-0.39, 0.29) is 0 Å². The molecule has 0 aliphatic heterocycles. The average Bonchev–Trinajstić information content (AvgIpc) is 2.80. The van der Waals surface area contributed by atoms with Gasteiger partial charge in [-0.1, -0.05) is 11.6 Å². The molecule has 2 aromatic heterocycles. The standard InChI is InChI=1S/C15H13BrClN3O/c1-8-10(16)4-6-13-19-14(15(18)20(8)13)9-3-5-12(21-2)11(17)7-9/h3-7H,18H2,1-2H3. The monoisotopic (exact) mass is 365 g/mol. The second kappa shape index (κ2) is 5.24. The van der Waals surface area contributed by atoms with Crippen molar-refractivity contribution in [3.63, 3.8) is 0 Å². The van der Waals surface area contributed by atoms with Gasteiger partial charge in [0.25, 0.3) is 0 Å². The number of hydrogen-bond donors (Lipinski definition) is 1. The van der Waals surface area contributed by atoms with E-state index in [9.17, 15) is 0 Å². The Morgan fingerprint density at radius 1 is 1.29 bits per heavy atom. The van der Waals surface area contributed by atoms with Crippen molar-refractivity contribution in [3.8, 4) is 17.0 Å². The van der Waals surface area contributed by atoms with E-state index in [0.717, 1.165) is 21.4 Å². The van der Waals surface area contributed by atoms with Crippen LogP contribution in [-0.4, -0.2) is 16.5 Å². The minimum absolute atomic E-state index is 0.532. The number of aryl methyl sites for hydroxylation is 1. The Bertz CT molecular complexity index is 845. The molecule has 21 heavy (non-hydrogen) atoms. The van der Waals surface area contributed by atoms with Crippen LogP contribution in [0.3, 0.4) is 0 Å². The number of nitrogens with zero attached hydrogens (tertiary/aromatic N) is 2. The molecule has 3 aromatic rings. The molecule has 4 nitrogen and oxygen atoms in total. The van der Waals surface area contributed by atoms with E-state index in [1.807, 2.05) is 41.7 Å². The van der Waals surface area contributed by atoms with Gasteiger partial charge in [-0.3, -0.25) is 4.40 Å². The fraction of sp³-hybridized carbons (Fsp3) is 0.133. The maximum absolute atomic E-state index is 6.27. The molecular formula is C15H13BrClN3O. The van der Waals surface area contributed by atoms with Crippen LogP contribution in [0.1, 0.15) is 5.69 Å². The third-order valence-corrected chi connectivity index (χ3v) is 4.56. The summed E-state index contributed by atoms with van der Waals surface area (Å²) in [7, 11) is 1.58. The van der Waals surface area contributed by atoms with Crippen molar-refractivity contribution in [2.75, 3.05) is 12.8 Å². The molecule has 2 N–H and O–H groups in total. The molecule has 0 atom stereocenters. The number of anilines is 1. The summed E-state index contributed by atoms with van der Waals surface area (Å²) in [6, 6.07) is 9.39. The highest BCUT2D eigenvalue weighted by Gasteiger charge is 2.15. The first-order chi connectivity index (χ1) is 10.0. The van der Waals surface area contributed by atoms with Crippen molar-refractivity contribution in [3.05, 3.63) is 45.5 Å². The lowest BCUT2D eigenvalue weighted by Gasteiger charge is -2.06. The molecule has 0 saturated heterocycles. The van der Waals surface area contributed by atoms with Gasteiger partial charge in [0.05, 0.1) is 12.1 Å². The molecule has 0 radical (unpaired) electrons. The van der Waals surface area contributed by atoms with E-state index in [1.54, 1.807) is 7.11 Å². The molecule has 0 amide bonds. The zero-order valence-corrected chi connectivity index (χ0v) is 13.9. The molecule has 0 spiro atoms. The second-order valence-electron chi connectivity index (χ2n) is 4.66. The van der Waals surface area contributed by atoms with Gasteiger partial charge in [0, 0.05) is 15.7 Å². The molecule has 0 bridgehead atoms. The largest absolute Gasteiger partial charge is 0.495 e. The second-order valence-corrected chi connectivity index (χ2v) is 5.92. The summed E-state index contributed by atoms with van der Waals surface area (Å²) in [4.78, 5) is 4.60. The predicted octanol–water partition coefficient (Wildman–Crippen LogP) is 4.32. The summed E-state index contributed by atoms with van der Waals surface area (Å²) in [5.41, 5.74) is 9.64. The molecule has 0 unspecified atom stereocenters. The Balaban J connectivity index is 2.24. The normalized spacial score (nSPS) is 11.0. The number of ether oxygens (including phenoxy) is 1. The van der Waals surface area contributed by atoms with E-state index < -0.39 is 0 Å². The van der Waals surface area contributed by atoms with Gasteiger partial charge >= 0.3 is 0 Å². The number of halogens is 2. The first kappa shape index (κ1) is 14.2. The molecule has 0 aliphatic rings. The summed E-state index contributed by atoms with van der Waals surface area (Å²) in [5.74, 6) is 1.21. The number of nitrogen functional groups attached to an aromatic ring is 1. The Morgan fingerprint density at radius 3 is 2.71 bits per heavy atom. The fourth-order valence-corrected chi connectivity index (χ4v) is 2.88. The smallest absolute Gasteiger partial charge is 0.139 e. The maximum atomic E-state index is 6.27. The maximum Gasteiger partial charge on any atom is 0.139 e. The first-order valence-corrected chi connectivity index (χ1v) is 7.47. The van der Waals surface area contributed by atoms with Gasteiger partial charge in [-0.2, -0.15) is 0 Å². The van der Waals surface area contributed by atoms with Gasteiger partial charge in [-0.05, 0) is 53.2 Å². The summed E-state index contributed by atoms with van der Waals surface area (Å²) < 4.78 is 8.06. The van der Waals surface area contributed by atoms with Gasteiger partial charge in [0.1, 0.15) is 22.9 Å². The van der Waals surface area contributed by atoms with Gasteiger partial charge in [-0.15, -0.1) is 0 Å². The minimum atomic E-state index is 0.532. The number of aromatic nitrogens is 2. The third kappa shape index (κ3) is 2.26. The van der Waals surface area contributed by atoms with Crippen LogP contribution in [0.25, 0.3) is 16.9 Å². The van der Waals surface area contributed by atoms with Crippen LogP contribution >= 0.6 is 27.5 Å². The van der Waals surface area contributed by atoms with Crippen LogP contribution in [0.4, 0.5) is 5.82 Å². The van der Waals surface area contributed by atoms with Crippen LogP contribution in [0.15, 0.2) is 34.8 Å². The number of imidazole rings is 1. The molecule has 0 fully saturated rings. The van der Waals surface area contributed by atoms with Crippen LogP contribution in [0, 0.1) is 6.92 Å². The highest BCUT2D eigenvalue weighted by molar-refractivity contribution is 9.10. The number of nitrogens with two attached hydrogens (primary N) is 1. The summed E-state index contributed by atoms with van der Waals surface area (Å²) >= 11 is 9.68. The van der Waals surface area contributed by atoms with Gasteiger partial charge in [0.2, 0.25) is 0 Å². The fourth-order valence-electron chi connectivity index (χ4n) is 2.32. The molecule has 2 heterocycles. The number of fused-ring (bicyclic) bond motifs is 1. The van der Waals surface area contributed by atoms with Crippen molar-refractivity contribution >= 4 is 39.0 Å². The molecule has 108 valence electrons. The number of pyridine rings is 1. The molecule has 6 heteroatoms. The highest BCUT2D eigenvalue weighted by Crippen LogP contribution is 2.34. The number of methoxy groups -OCH3 is 1. The van der Waals surface area contributed by atoms with E-state index in [1.165, 1.54) is 0 Å². The average molecular weight is 367 g/mol. The van der Waals surface area contributed by atoms with E-state index in [2.05, 4.69) is 20.9 Å². The Hall–Kier alpha value is -1.72. The Morgan fingerprint density at radius 2 is 2.05 bits per heavy atom. The lowest BCUT2D eigenvalue weighted by Crippen LogP contribution is -1.98. The van der Waals surface area contributed by atoms with Crippen LogP contribution in [0.2, 0.25) is 5.02 Å². The Labute approximate surface area is 135 Å². The van der Waals surface area contributed by atoms with Crippen molar-refractivity contribution in [1.29, 1.82) is 0 Å². The van der Waals surface area contributed by atoms with E-state index in [0.29, 0.717) is 22.3 Å². The number of rotatable bonds is 2. The highest BCUT2D eigenvalue weighted by atomic mass is 79.9. The van der Waals surface area contributed by atoms with Gasteiger partial charge in [0.15, 0.2) is 0 Å². The van der Waals surface area contributed by atoms with E-state index in [4.69, 9.17) is 22.1 Å². The van der Waals surface area contributed by atoms with E-state index >= 15 is 0 Å². The molecule has 0 saturated carbocycles. The van der Waals surface area contributed by atoms with Crippen LogP contribution in [0.5, 0.6) is 5.75 Å². The molecule has 1 aromatic carbocycles. The quantitative estimate of drug-likeness (QED) is 0.735. The predicted molar refractivity (Wildman–Crippen MR) is 89.0 cm³/mol. The minimum Gasteiger partial charge on any atom is -0.495 e. The molecule has 0 aliphatic carbocycles. The van der Waals surface area contributed by atoms with Gasteiger partial charge < -0.3 is 10.5 Å². The number of benzene rings is 1. The zero-order chi connectivity index (χ0) is 15.1. The number of hydrogen-bond acceptors (Lipinski definition) is 3.